The normalized spacial score (nSPS) is 22.4. The molecule has 1 heterocycles. The SMILES string of the molecule is C=CCNC(=O)C(=O)C(CCC)NC(=O)[C@@H]1[C@@H]2[C@H](CN1C(=O)[C@@H](NC(=O)N[C@H](C(=O)N(C)C)C(C)(C)C)C(C)(C)C)C2(C)C. The van der Waals surface area contributed by atoms with Crippen LogP contribution in [-0.4, -0.2) is 96.6 Å². The molecule has 2 aliphatic rings. The first-order valence-electron chi connectivity index (χ1n) is 15.4. The van der Waals surface area contributed by atoms with Gasteiger partial charge >= 0.3 is 6.03 Å². The molecule has 4 N–H and O–H groups in total. The number of likely N-dealkylation sites (tertiary alicyclic amines) is 1. The van der Waals surface area contributed by atoms with Crippen LogP contribution in [0.4, 0.5) is 4.79 Å². The maximum atomic E-state index is 14.2. The number of amides is 6. The highest BCUT2D eigenvalue weighted by molar-refractivity contribution is 6.38. The summed E-state index contributed by atoms with van der Waals surface area (Å²) in [4.78, 5) is 82.4. The van der Waals surface area contributed by atoms with Crippen LogP contribution in [-0.2, 0) is 24.0 Å². The first-order chi connectivity index (χ1) is 20.1. The van der Waals surface area contributed by atoms with Crippen molar-refractivity contribution in [2.45, 2.75) is 99.3 Å². The van der Waals surface area contributed by atoms with E-state index in [0.29, 0.717) is 13.0 Å². The Morgan fingerprint density at radius 3 is 1.98 bits per heavy atom. The highest BCUT2D eigenvalue weighted by Gasteiger charge is 2.70. The van der Waals surface area contributed by atoms with E-state index in [-0.39, 0.29) is 36.1 Å². The summed E-state index contributed by atoms with van der Waals surface area (Å²) in [5, 5.41) is 10.8. The van der Waals surface area contributed by atoms with Gasteiger partial charge in [-0.1, -0.05) is 74.8 Å². The third-order valence-electron chi connectivity index (χ3n) is 8.82. The number of hydrogen-bond donors (Lipinski definition) is 4. The highest BCUT2D eigenvalue weighted by atomic mass is 16.2. The molecule has 6 atom stereocenters. The molecule has 0 bridgehead atoms. The number of rotatable bonds is 12. The number of nitrogens with zero attached hydrogens (tertiary/aromatic N) is 2. The fourth-order valence-electron chi connectivity index (χ4n) is 6.06. The maximum absolute atomic E-state index is 14.2. The van der Waals surface area contributed by atoms with Gasteiger partial charge in [0.25, 0.3) is 5.91 Å². The molecule has 1 aliphatic heterocycles. The monoisotopic (exact) mass is 618 g/mol. The molecule has 12 heteroatoms. The summed E-state index contributed by atoms with van der Waals surface area (Å²) >= 11 is 0. The van der Waals surface area contributed by atoms with Gasteiger partial charge in [-0.25, -0.2) is 4.79 Å². The van der Waals surface area contributed by atoms with Gasteiger partial charge in [0.15, 0.2) is 0 Å². The molecule has 0 aromatic rings. The first-order valence-corrected chi connectivity index (χ1v) is 15.4. The van der Waals surface area contributed by atoms with E-state index in [1.807, 2.05) is 62.3 Å². The van der Waals surface area contributed by atoms with Crippen LogP contribution in [0.25, 0.3) is 0 Å². The second-order valence-corrected chi connectivity index (χ2v) is 15.1. The van der Waals surface area contributed by atoms with Gasteiger partial charge in [-0.2, -0.15) is 0 Å². The smallest absolute Gasteiger partial charge is 0.316 e. The Morgan fingerprint density at radius 1 is 0.955 bits per heavy atom. The number of piperidine rings is 1. The number of nitrogens with one attached hydrogen (secondary N) is 4. The van der Waals surface area contributed by atoms with Crippen molar-refractivity contribution < 1.29 is 28.8 Å². The average molecular weight is 619 g/mol. The van der Waals surface area contributed by atoms with E-state index in [0.717, 1.165) is 0 Å². The number of hydrogen-bond acceptors (Lipinski definition) is 6. The first kappa shape index (κ1) is 36.8. The molecule has 1 saturated carbocycles. The standard InChI is InChI=1S/C32H54N6O6/c1-13-15-19(22(39)26(41)33-16-14-2)34-25(40)21-20-18(32(20,9)10)17-38(21)28(43)24(31(6,7)8)36-29(44)35-23(30(3,4)5)27(42)37(11)12/h14,18-21,23-24H,2,13,15-17H2,1,3-12H3,(H,33,41)(H,34,40)(H2,35,36,44)/t18-,19?,20-,21-,23+,24+/m0/s1. The van der Waals surface area contributed by atoms with Gasteiger partial charge in [-0.05, 0) is 34.5 Å². The zero-order chi connectivity index (χ0) is 33.9. The minimum Gasteiger partial charge on any atom is -0.347 e. The molecule has 0 radical (unpaired) electrons. The summed E-state index contributed by atoms with van der Waals surface area (Å²) in [5.41, 5.74) is -1.54. The van der Waals surface area contributed by atoms with E-state index in [1.54, 1.807) is 14.1 Å². The summed E-state index contributed by atoms with van der Waals surface area (Å²) in [6.45, 7) is 20.9. The number of Topliss-reactive ketones (excluding diaryl/α,β-unsaturated/α-hetero) is 1. The van der Waals surface area contributed by atoms with Crippen LogP contribution in [0, 0.1) is 28.1 Å². The lowest BCUT2D eigenvalue weighted by Crippen LogP contribution is -2.63. The Morgan fingerprint density at radius 2 is 1.50 bits per heavy atom. The van der Waals surface area contributed by atoms with Crippen molar-refractivity contribution in [3.63, 3.8) is 0 Å². The molecular weight excluding hydrogens is 564 g/mol. The number of fused-ring (bicyclic) bond motifs is 1. The largest absolute Gasteiger partial charge is 0.347 e. The Bertz CT molecular complexity index is 1150. The summed E-state index contributed by atoms with van der Waals surface area (Å²) in [6.07, 6.45) is 2.27. The maximum Gasteiger partial charge on any atom is 0.316 e. The Labute approximate surface area is 262 Å². The zero-order valence-electron chi connectivity index (χ0n) is 28.4. The lowest BCUT2D eigenvalue weighted by atomic mass is 9.84. The van der Waals surface area contributed by atoms with Crippen LogP contribution in [0.5, 0.6) is 0 Å². The Balaban J connectivity index is 2.34. The fourth-order valence-corrected chi connectivity index (χ4v) is 6.06. The molecule has 0 spiro atoms. The van der Waals surface area contributed by atoms with E-state index in [1.165, 1.54) is 15.9 Å². The second kappa shape index (κ2) is 13.7. The van der Waals surface area contributed by atoms with Crippen molar-refractivity contribution in [3.8, 4) is 0 Å². The van der Waals surface area contributed by atoms with Gasteiger partial charge in [-0.15, -0.1) is 6.58 Å². The zero-order valence-corrected chi connectivity index (χ0v) is 28.4. The minimum atomic E-state index is -1.04. The summed E-state index contributed by atoms with van der Waals surface area (Å²) in [5.74, 6) is -2.84. The molecule has 12 nitrogen and oxygen atoms in total. The summed E-state index contributed by atoms with van der Waals surface area (Å²) in [7, 11) is 3.22. The van der Waals surface area contributed by atoms with Crippen LogP contribution < -0.4 is 21.3 Å². The molecule has 0 aromatic carbocycles. The van der Waals surface area contributed by atoms with Crippen molar-refractivity contribution in [1.82, 2.24) is 31.1 Å². The van der Waals surface area contributed by atoms with Gasteiger partial charge in [0.1, 0.15) is 18.1 Å². The fraction of sp³-hybridized carbons (Fsp3) is 0.750. The predicted molar refractivity (Wildman–Crippen MR) is 168 cm³/mol. The highest BCUT2D eigenvalue weighted by Crippen LogP contribution is 2.65. The van der Waals surface area contributed by atoms with Crippen molar-refractivity contribution in [2.24, 2.45) is 28.1 Å². The summed E-state index contributed by atoms with van der Waals surface area (Å²) in [6, 6.07) is -4.45. The van der Waals surface area contributed by atoms with Crippen LogP contribution in [0.3, 0.4) is 0 Å². The van der Waals surface area contributed by atoms with Crippen LogP contribution >= 0.6 is 0 Å². The van der Waals surface area contributed by atoms with E-state index in [9.17, 15) is 28.8 Å². The second-order valence-electron chi connectivity index (χ2n) is 15.1. The third-order valence-corrected chi connectivity index (χ3v) is 8.82. The Kier molecular flexibility index (Phi) is 11.4. The van der Waals surface area contributed by atoms with E-state index in [4.69, 9.17) is 0 Å². The minimum absolute atomic E-state index is 0.0656. The quantitative estimate of drug-likeness (QED) is 0.193. The van der Waals surface area contributed by atoms with E-state index in [2.05, 4.69) is 27.8 Å². The molecule has 2 rings (SSSR count). The molecule has 1 saturated heterocycles. The summed E-state index contributed by atoms with van der Waals surface area (Å²) < 4.78 is 0. The van der Waals surface area contributed by atoms with Crippen molar-refractivity contribution in [1.29, 1.82) is 0 Å². The van der Waals surface area contributed by atoms with E-state index < -0.39 is 64.5 Å². The molecule has 6 amide bonds. The van der Waals surface area contributed by atoms with Gasteiger partial charge in [0.05, 0.1) is 6.04 Å². The number of carbonyl (C=O) groups is 6. The van der Waals surface area contributed by atoms with E-state index >= 15 is 0 Å². The van der Waals surface area contributed by atoms with Crippen molar-refractivity contribution in [2.75, 3.05) is 27.2 Å². The molecule has 248 valence electrons. The molecule has 0 aromatic heterocycles. The average Bonchev–Trinajstić information content (AvgIpc) is 3.22. The van der Waals surface area contributed by atoms with Gasteiger partial charge in [0.2, 0.25) is 23.5 Å². The lowest BCUT2D eigenvalue weighted by Gasteiger charge is -2.38. The number of urea groups is 1. The van der Waals surface area contributed by atoms with Crippen LogP contribution in [0.2, 0.25) is 0 Å². The third kappa shape index (κ3) is 8.18. The van der Waals surface area contributed by atoms with Gasteiger partial charge in [0, 0.05) is 27.2 Å². The molecule has 2 fully saturated rings. The predicted octanol–water partition coefficient (Wildman–Crippen LogP) is 1.84. The van der Waals surface area contributed by atoms with Crippen LogP contribution in [0.1, 0.15) is 75.2 Å². The van der Waals surface area contributed by atoms with Crippen LogP contribution in [0.15, 0.2) is 12.7 Å². The molecule has 44 heavy (non-hydrogen) atoms. The molecule has 1 unspecified atom stereocenters. The lowest BCUT2D eigenvalue weighted by molar-refractivity contribution is -0.145. The topological polar surface area (TPSA) is 157 Å². The Hall–Kier alpha value is -3.44. The number of carbonyl (C=O) groups excluding carboxylic acids is 6. The van der Waals surface area contributed by atoms with Gasteiger partial charge in [-0.3, -0.25) is 24.0 Å². The van der Waals surface area contributed by atoms with Crippen molar-refractivity contribution in [3.05, 3.63) is 12.7 Å². The number of ketones is 1. The molecular formula is C32H54N6O6. The molecule has 1 aliphatic carbocycles. The number of likely N-dealkylation sites (N-methyl/N-ethyl adjacent to an activating group) is 1. The van der Waals surface area contributed by atoms with Gasteiger partial charge < -0.3 is 31.1 Å². The van der Waals surface area contributed by atoms with Crippen molar-refractivity contribution >= 4 is 35.4 Å².